The zero-order valence-corrected chi connectivity index (χ0v) is 18.5. The van der Waals surface area contributed by atoms with Crippen LogP contribution < -0.4 is 15.4 Å². The summed E-state index contributed by atoms with van der Waals surface area (Å²) in [7, 11) is 1.54. The van der Waals surface area contributed by atoms with Gasteiger partial charge in [0.05, 0.1) is 31.1 Å². The Morgan fingerprint density at radius 3 is 2.36 bits per heavy atom. The van der Waals surface area contributed by atoms with Gasteiger partial charge in [-0.05, 0) is 48.0 Å². The number of carbonyl (C=O) groups is 2. The molecule has 1 aromatic heterocycles. The van der Waals surface area contributed by atoms with E-state index < -0.39 is 0 Å². The molecule has 2 amide bonds. The molecule has 0 saturated carbocycles. The molecule has 0 aliphatic heterocycles. The number of rotatable bonds is 7. The van der Waals surface area contributed by atoms with E-state index in [0.717, 1.165) is 5.56 Å². The normalized spacial score (nSPS) is 10.5. The summed E-state index contributed by atoms with van der Waals surface area (Å²) < 4.78 is 6.91. The van der Waals surface area contributed by atoms with Gasteiger partial charge in [0.25, 0.3) is 11.8 Å². The van der Waals surface area contributed by atoms with Gasteiger partial charge in [-0.25, -0.2) is 0 Å². The minimum Gasteiger partial charge on any atom is -0.495 e. The van der Waals surface area contributed by atoms with Gasteiger partial charge in [0.2, 0.25) is 0 Å². The third-order valence-electron chi connectivity index (χ3n) is 4.95. The van der Waals surface area contributed by atoms with E-state index in [1.807, 2.05) is 36.4 Å². The molecule has 1 heterocycles. The van der Waals surface area contributed by atoms with Crippen molar-refractivity contribution in [2.45, 2.75) is 6.54 Å². The number of carbonyl (C=O) groups excluding carboxylic acids is 2. The third-order valence-corrected chi connectivity index (χ3v) is 5.31. The molecule has 0 aliphatic rings. The van der Waals surface area contributed by atoms with E-state index in [0.29, 0.717) is 39.8 Å². The Labute approximate surface area is 196 Å². The van der Waals surface area contributed by atoms with Crippen LogP contribution in [0.15, 0.2) is 85.2 Å². The van der Waals surface area contributed by atoms with Gasteiger partial charge in [0, 0.05) is 22.5 Å². The molecule has 3 aromatic carbocycles. The highest BCUT2D eigenvalue weighted by molar-refractivity contribution is 6.31. The fraction of sp³-hybridized carbons (Fsp3) is 0.0800. The minimum absolute atomic E-state index is 0.279. The summed E-state index contributed by atoms with van der Waals surface area (Å²) in [6.07, 6.45) is 3.16. The Morgan fingerprint density at radius 1 is 0.909 bits per heavy atom. The van der Waals surface area contributed by atoms with Crippen LogP contribution >= 0.6 is 11.6 Å². The maximum Gasteiger partial charge on any atom is 0.258 e. The van der Waals surface area contributed by atoms with Crippen LogP contribution in [-0.2, 0) is 6.54 Å². The fourth-order valence-corrected chi connectivity index (χ4v) is 3.41. The number of para-hydroxylation sites is 2. The number of anilines is 2. The van der Waals surface area contributed by atoms with Crippen LogP contribution in [0.1, 0.15) is 26.3 Å². The monoisotopic (exact) mass is 460 g/mol. The molecule has 2 N–H and O–H groups in total. The number of halogens is 1. The van der Waals surface area contributed by atoms with Crippen molar-refractivity contribution >= 4 is 34.8 Å². The van der Waals surface area contributed by atoms with Gasteiger partial charge < -0.3 is 15.4 Å². The standard InChI is InChI=1S/C25H21ClN4O3/c1-33-23-9-5-4-8-22(23)29-24(31)17-10-12-20(13-11-17)28-25(32)19-14-27-30(16-19)15-18-6-2-3-7-21(18)26/h2-14,16H,15H2,1H3,(H,28,32)(H,29,31). The lowest BCUT2D eigenvalue weighted by atomic mass is 10.1. The van der Waals surface area contributed by atoms with Gasteiger partial charge in [-0.2, -0.15) is 5.10 Å². The van der Waals surface area contributed by atoms with Crippen molar-refractivity contribution < 1.29 is 14.3 Å². The number of benzene rings is 3. The average molecular weight is 461 g/mol. The summed E-state index contributed by atoms with van der Waals surface area (Å²) in [5, 5.41) is 10.5. The minimum atomic E-state index is -0.299. The van der Waals surface area contributed by atoms with Gasteiger partial charge >= 0.3 is 0 Å². The van der Waals surface area contributed by atoms with Crippen LogP contribution in [0.2, 0.25) is 5.02 Å². The van der Waals surface area contributed by atoms with E-state index in [4.69, 9.17) is 16.3 Å². The molecular weight excluding hydrogens is 440 g/mol. The number of ether oxygens (including phenoxy) is 1. The largest absolute Gasteiger partial charge is 0.495 e. The van der Waals surface area contributed by atoms with Gasteiger partial charge in [-0.3, -0.25) is 14.3 Å². The van der Waals surface area contributed by atoms with E-state index >= 15 is 0 Å². The lowest BCUT2D eigenvalue weighted by molar-refractivity contribution is 0.101. The van der Waals surface area contributed by atoms with E-state index in [-0.39, 0.29) is 11.8 Å². The second-order valence-corrected chi connectivity index (χ2v) is 7.61. The van der Waals surface area contributed by atoms with Crippen LogP contribution in [-0.4, -0.2) is 28.7 Å². The van der Waals surface area contributed by atoms with E-state index in [2.05, 4.69) is 15.7 Å². The van der Waals surface area contributed by atoms with Gasteiger partial charge in [0.1, 0.15) is 5.75 Å². The van der Waals surface area contributed by atoms with Gasteiger partial charge in [0.15, 0.2) is 0 Å². The first-order valence-electron chi connectivity index (χ1n) is 10.1. The maximum atomic E-state index is 12.6. The molecule has 33 heavy (non-hydrogen) atoms. The first-order valence-corrected chi connectivity index (χ1v) is 10.5. The molecule has 7 nitrogen and oxygen atoms in total. The summed E-state index contributed by atoms with van der Waals surface area (Å²) >= 11 is 6.19. The smallest absolute Gasteiger partial charge is 0.258 e. The first kappa shape index (κ1) is 22.1. The lowest BCUT2D eigenvalue weighted by Crippen LogP contribution is -2.14. The van der Waals surface area contributed by atoms with Crippen molar-refractivity contribution in [1.82, 2.24) is 9.78 Å². The molecule has 0 saturated heterocycles. The average Bonchev–Trinajstić information content (AvgIpc) is 3.30. The van der Waals surface area contributed by atoms with Crippen LogP contribution in [0.25, 0.3) is 0 Å². The molecule has 0 atom stereocenters. The highest BCUT2D eigenvalue weighted by Crippen LogP contribution is 2.24. The van der Waals surface area contributed by atoms with Crippen LogP contribution in [0.5, 0.6) is 5.75 Å². The summed E-state index contributed by atoms with van der Waals surface area (Å²) in [6.45, 7) is 0.461. The number of methoxy groups -OCH3 is 1. The highest BCUT2D eigenvalue weighted by atomic mass is 35.5. The predicted octanol–water partition coefficient (Wildman–Crippen LogP) is 5.10. The second kappa shape index (κ2) is 10.0. The predicted molar refractivity (Wildman–Crippen MR) is 128 cm³/mol. The summed E-state index contributed by atoms with van der Waals surface area (Å²) in [6, 6.07) is 21.3. The summed E-state index contributed by atoms with van der Waals surface area (Å²) in [4.78, 5) is 25.1. The molecule has 0 aliphatic carbocycles. The lowest BCUT2D eigenvalue weighted by Gasteiger charge is -2.10. The van der Waals surface area contributed by atoms with E-state index in [9.17, 15) is 9.59 Å². The molecular formula is C25H21ClN4O3. The van der Waals surface area contributed by atoms with E-state index in [1.165, 1.54) is 6.20 Å². The van der Waals surface area contributed by atoms with Crippen molar-refractivity contribution in [3.05, 3.63) is 107 Å². The molecule has 166 valence electrons. The maximum absolute atomic E-state index is 12.6. The van der Waals surface area contributed by atoms with Crippen molar-refractivity contribution in [2.75, 3.05) is 17.7 Å². The Balaban J connectivity index is 1.38. The first-order chi connectivity index (χ1) is 16.0. The van der Waals surface area contributed by atoms with Crippen molar-refractivity contribution in [3.8, 4) is 5.75 Å². The van der Waals surface area contributed by atoms with Gasteiger partial charge in [-0.15, -0.1) is 0 Å². The Kier molecular flexibility index (Phi) is 6.71. The molecule has 0 radical (unpaired) electrons. The zero-order valence-electron chi connectivity index (χ0n) is 17.8. The Hall–Kier alpha value is -4.10. The van der Waals surface area contributed by atoms with Crippen molar-refractivity contribution in [1.29, 1.82) is 0 Å². The quantitative estimate of drug-likeness (QED) is 0.402. The number of hydrogen-bond acceptors (Lipinski definition) is 4. The summed E-state index contributed by atoms with van der Waals surface area (Å²) in [5.74, 6) is -0.00493. The van der Waals surface area contributed by atoms with Crippen molar-refractivity contribution in [3.63, 3.8) is 0 Å². The SMILES string of the molecule is COc1ccccc1NC(=O)c1ccc(NC(=O)c2cnn(Cc3ccccc3Cl)c2)cc1. The van der Waals surface area contributed by atoms with E-state index in [1.54, 1.807) is 54.4 Å². The number of nitrogens with one attached hydrogen (secondary N) is 2. The molecule has 0 bridgehead atoms. The number of nitrogens with zero attached hydrogens (tertiary/aromatic N) is 2. The summed E-state index contributed by atoms with van der Waals surface area (Å²) in [5.41, 5.74) is 2.92. The molecule has 0 unspecified atom stereocenters. The Morgan fingerprint density at radius 2 is 1.61 bits per heavy atom. The number of amides is 2. The number of hydrogen-bond donors (Lipinski definition) is 2. The molecule has 8 heteroatoms. The molecule has 4 aromatic rings. The van der Waals surface area contributed by atoms with Crippen LogP contribution in [0.3, 0.4) is 0 Å². The zero-order chi connectivity index (χ0) is 23.2. The second-order valence-electron chi connectivity index (χ2n) is 7.20. The van der Waals surface area contributed by atoms with Crippen molar-refractivity contribution in [2.24, 2.45) is 0 Å². The van der Waals surface area contributed by atoms with Crippen LogP contribution in [0.4, 0.5) is 11.4 Å². The number of aromatic nitrogens is 2. The Bertz CT molecular complexity index is 1280. The fourth-order valence-electron chi connectivity index (χ4n) is 3.22. The highest BCUT2D eigenvalue weighted by Gasteiger charge is 2.12. The molecule has 0 fully saturated rings. The van der Waals surface area contributed by atoms with Crippen LogP contribution in [0, 0.1) is 0 Å². The molecule has 4 rings (SSSR count). The van der Waals surface area contributed by atoms with Gasteiger partial charge in [-0.1, -0.05) is 41.9 Å². The topological polar surface area (TPSA) is 85.2 Å². The third kappa shape index (κ3) is 5.39. The molecule has 0 spiro atoms.